The average molecular weight is 483 g/mol. The Morgan fingerprint density at radius 2 is 1.86 bits per heavy atom. The number of fused-ring (bicyclic) bond motifs is 2. The number of ether oxygens (including phenoxy) is 1. The van der Waals surface area contributed by atoms with E-state index >= 15 is 0 Å². The van der Waals surface area contributed by atoms with Crippen LogP contribution in [0.3, 0.4) is 0 Å². The maximum atomic E-state index is 14.1. The Labute approximate surface area is 186 Å². The molecule has 158 valence electrons. The predicted octanol–water partition coefficient (Wildman–Crippen LogP) is 2.05. The molecule has 3 heterocycles. The van der Waals surface area contributed by atoms with Gasteiger partial charge in [0, 0.05) is 37.2 Å². The van der Waals surface area contributed by atoms with Crippen molar-refractivity contribution in [2.45, 2.75) is 44.3 Å². The Morgan fingerprint density at radius 1 is 1.17 bits per heavy atom. The molecule has 2 saturated heterocycles. The molecule has 2 aliphatic heterocycles. The molecule has 2 aromatic rings. The van der Waals surface area contributed by atoms with Crippen LogP contribution in [0.25, 0.3) is 0 Å². The topological polar surface area (TPSA) is 29.5 Å². The van der Waals surface area contributed by atoms with Gasteiger partial charge >= 0.3 is 6.09 Å². The van der Waals surface area contributed by atoms with Crippen LogP contribution in [0.2, 0.25) is 0 Å². The Morgan fingerprint density at radius 3 is 2.48 bits per heavy atom. The summed E-state index contributed by atoms with van der Waals surface area (Å²) in [4.78, 5) is 14.4. The number of quaternary nitrogens is 1. The van der Waals surface area contributed by atoms with Gasteiger partial charge in [0.15, 0.2) is 0 Å². The first-order valence-corrected chi connectivity index (χ1v) is 10.9. The highest BCUT2D eigenvalue weighted by molar-refractivity contribution is 7.14. The zero-order valence-electron chi connectivity index (χ0n) is 16.9. The van der Waals surface area contributed by atoms with Gasteiger partial charge in [-0.2, -0.15) is 0 Å². The van der Waals surface area contributed by atoms with Gasteiger partial charge in [0.25, 0.3) is 0 Å². The fourth-order valence-electron chi connectivity index (χ4n) is 4.85. The Hall–Kier alpha value is -1.44. The van der Waals surface area contributed by atoms with E-state index in [4.69, 9.17) is 4.74 Å². The summed E-state index contributed by atoms with van der Waals surface area (Å²) in [7, 11) is 4.66. The van der Waals surface area contributed by atoms with Crippen molar-refractivity contribution in [3.8, 4) is 0 Å². The van der Waals surface area contributed by atoms with Crippen LogP contribution >= 0.6 is 11.3 Å². The molecule has 2 fully saturated rings. The van der Waals surface area contributed by atoms with E-state index in [2.05, 4.69) is 14.1 Å². The zero-order valence-corrected chi connectivity index (χ0v) is 19.3. The van der Waals surface area contributed by atoms with Gasteiger partial charge in [0.05, 0.1) is 39.3 Å². The van der Waals surface area contributed by atoms with Crippen LogP contribution in [0.15, 0.2) is 41.8 Å². The van der Waals surface area contributed by atoms with Gasteiger partial charge in [0.1, 0.15) is 10.8 Å². The Kier molecular flexibility index (Phi) is 7.02. The molecule has 0 saturated carbocycles. The van der Waals surface area contributed by atoms with Crippen molar-refractivity contribution in [3.05, 3.63) is 53.2 Å². The zero-order chi connectivity index (χ0) is 19.7. The molecule has 7 heteroatoms. The van der Waals surface area contributed by atoms with Gasteiger partial charge < -0.3 is 26.2 Å². The van der Waals surface area contributed by atoms with E-state index < -0.39 is 6.09 Å². The van der Waals surface area contributed by atoms with Crippen molar-refractivity contribution in [2.75, 3.05) is 25.6 Å². The molecule has 4 nitrogen and oxygen atoms in total. The summed E-state index contributed by atoms with van der Waals surface area (Å²) in [5, 5.41) is 2.69. The molecule has 4 rings (SSSR count). The number of piperidine rings is 1. The van der Waals surface area contributed by atoms with Crippen LogP contribution in [-0.2, 0) is 11.3 Å². The third-order valence-electron chi connectivity index (χ3n) is 6.65. The first-order chi connectivity index (χ1) is 13.4. The third kappa shape index (κ3) is 4.67. The number of amides is 1. The van der Waals surface area contributed by atoms with Crippen molar-refractivity contribution in [3.63, 3.8) is 0 Å². The number of benzene rings is 1. The number of anilines is 1. The lowest BCUT2D eigenvalue weighted by Crippen LogP contribution is -3.00. The van der Waals surface area contributed by atoms with E-state index in [1.54, 1.807) is 23.1 Å². The molecule has 1 amide bonds. The Balaban J connectivity index is 0.00000240. The largest absolute Gasteiger partial charge is 1.00 e. The molecule has 2 unspecified atom stereocenters. The number of rotatable bonds is 5. The maximum Gasteiger partial charge on any atom is 0.415 e. The standard InChI is InChI=1S/C22H28FN2O2S.BrH/c1-25(2)18-9-10-19(25)13-16(12-18)15-27-22(26)24(21-8-5-11-28-21)14-17-6-3-4-7-20(17)23;/h3-8,11,16,18-19H,9-10,12-15H2,1-2H3;1H/q+1;/p-1. The smallest absolute Gasteiger partial charge is 0.415 e. The minimum Gasteiger partial charge on any atom is -1.00 e. The van der Waals surface area contributed by atoms with Crippen molar-refractivity contribution >= 4 is 22.4 Å². The SMILES string of the molecule is C[N+]1(C)C2CCC1CC(COC(=O)N(Cc1ccccc1F)c1cccs1)C2.[Br-]. The van der Waals surface area contributed by atoms with Gasteiger partial charge in [0.2, 0.25) is 0 Å². The van der Waals surface area contributed by atoms with Crippen molar-refractivity contribution < 1.29 is 35.4 Å². The van der Waals surface area contributed by atoms with Crippen molar-refractivity contribution in [1.29, 1.82) is 0 Å². The number of hydrogen-bond donors (Lipinski definition) is 0. The molecule has 2 aliphatic rings. The fourth-order valence-corrected chi connectivity index (χ4v) is 5.57. The molecule has 2 atom stereocenters. The van der Waals surface area contributed by atoms with Gasteiger partial charge in [-0.05, 0) is 23.6 Å². The lowest BCUT2D eigenvalue weighted by Gasteiger charge is -2.44. The number of thiophene rings is 1. The lowest BCUT2D eigenvalue weighted by molar-refractivity contribution is -0.931. The maximum absolute atomic E-state index is 14.1. The van der Waals surface area contributed by atoms with Crippen LogP contribution in [0.4, 0.5) is 14.2 Å². The highest BCUT2D eigenvalue weighted by Gasteiger charge is 2.49. The molecule has 29 heavy (non-hydrogen) atoms. The van der Waals surface area contributed by atoms with E-state index in [-0.39, 0.29) is 29.3 Å². The van der Waals surface area contributed by atoms with Gasteiger partial charge in [-0.25, -0.2) is 9.18 Å². The quantitative estimate of drug-likeness (QED) is 0.610. The van der Waals surface area contributed by atoms with E-state index in [0.29, 0.717) is 30.2 Å². The molecule has 0 radical (unpaired) electrons. The number of nitrogens with zero attached hydrogens (tertiary/aromatic N) is 2. The van der Waals surface area contributed by atoms with E-state index in [9.17, 15) is 9.18 Å². The van der Waals surface area contributed by atoms with Gasteiger partial charge in [-0.15, -0.1) is 11.3 Å². The highest BCUT2D eigenvalue weighted by atomic mass is 79.9. The molecule has 0 aliphatic carbocycles. The predicted molar refractivity (Wildman–Crippen MR) is 110 cm³/mol. The van der Waals surface area contributed by atoms with Crippen molar-refractivity contribution in [2.24, 2.45) is 5.92 Å². The first-order valence-electron chi connectivity index (χ1n) is 9.99. The molecule has 2 bridgehead atoms. The number of carbonyl (C=O) groups excluding carboxylic acids is 1. The molecule has 0 spiro atoms. The molecule has 0 N–H and O–H groups in total. The van der Waals surface area contributed by atoms with Crippen molar-refractivity contribution in [1.82, 2.24) is 0 Å². The highest BCUT2D eigenvalue weighted by Crippen LogP contribution is 2.42. The second-order valence-electron chi connectivity index (χ2n) is 8.56. The molecular formula is C22H28BrFN2O2S. The van der Waals surface area contributed by atoms with E-state index in [1.165, 1.54) is 30.2 Å². The minimum absolute atomic E-state index is 0. The number of hydrogen-bond acceptors (Lipinski definition) is 3. The van der Waals surface area contributed by atoms with Crippen LogP contribution in [0.1, 0.15) is 31.2 Å². The van der Waals surface area contributed by atoms with E-state index in [0.717, 1.165) is 22.3 Å². The summed E-state index contributed by atoms with van der Waals surface area (Å²) in [5.41, 5.74) is 0.489. The minimum atomic E-state index is -0.391. The van der Waals surface area contributed by atoms with Crippen LogP contribution in [0.5, 0.6) is 0 Å². The van der Waals surface area contributed by atoms with Crippen LogP contribution in [0, 0.1) is 11.7 Å². The second-order valence-corrected chi connectivity index (χ2v) is 9.48. The van der Waals surface area contributed by atoms with Crippen LogP contribution < -0.4 is 21.9 Å². The normalized spacial score (nSPS) is 24.6. The summed E-state index contributed by atoms with van der Waals surface area (Å²) in [6.07, 6.45) is 4.39. The molecule has 1 aromatic heterocycles. The Bertz CT molecular complexity index is 814. The number of halogens is 2. The third-order valence-corrected chi connectivity index (χ3v) is 7.54. The monoisotopic (exact) mass is 482 g/mol. The summed E-state index contributed by atoms with van der Waals surface area (Å²) < 4.78 is 21.0. The summed E-state index contributed by atoms with van der Waals surface area (Å²) in [5.74, 6) is 0.118. The summed E-state index contributed by atoms with van der Waals surface area (Å²) in [6.45, 7) is 0.622. The number of carbonyl (C=O) groups is 1. The summed E-state index contributed by atoms with van der Waals surface area (Å²) >= 11 is 1.46. The fraction of sp³-hybridized carbons (Fsp3) is 0.500. The molecular weight excluding hydrogens is 455 g/mol. The lowest BCUT2D eigenvalue weighted by atomic mass is 9.90. The van der Waals surface area contributed by atoms with Gasteiger partial charge in [-0.1, -0.05) is 18.2 Å². The first kappa shape index (κ1) is 22.2. The van der Waals surface area contributed by atoms with Crippen LogP contribution in [-0.4, -0.2) is 43.4 Å². The van der Waals surface area contributed by atoms with Gasteiger partial charge in [-0.3, -0.25) is 4.90 Å². The summed E-state index contributed by atoms with van der Waals surface area (Å²) in [6, 6.07) is 11.7. The second kappa shape index (κ2) is 9.14. The molecule has 1 aromatic carbocycles. The van der Waals surface area contributed by atoms with E-state index in [1.807, 2.05) is 17.5 Å². The average Bonchev–Trinajstić information content (AvgIpc) is 3.21.